The topological polar surface area (TPSA) is 24.7 Å². The lowest BCUT2D eigenvalue weighted by atomic mass is 9.84. The van der Waals surface area contributed by atoms with E-state index in [-0.39, 0.29) is 5.41 Å². The van der Waals surface area contributed by atoms with E-state index in [1.54, 1.807) is 0 Å². The second kappa shape index (κ2) is 2.19. The van der Waals surface area contributed by atoms with Gasteiger partial charge in [-0.2, -0.15) is 10.2 Å². The van der Waals surface area contributed by atoms with Gasteiger partial charge in [-0.25, -0.2) is 0 Å². The van der Waals surface area contributed by atoms with E-state index in [0.717, 1.165) is 6.04 Å². The van der Waals surface area contributed by atoms with Crippen molar-refractivity contribution in [1.82, 2.24) is 0 Å². The van der Waals surface area contributed by atoms with Gasteiger partial charge in [-0.05, 0) is 17.9 Å². The maximum absolute atomic E-state index is 3.93. The number of nitrogens with zero attached hydrogens (tertiary/aromatic N) is 2. The molecule has 1 aliphatic heterocycles. The maximum Gasteiger partial charge on any atom is 0.133 e. The Morgan fingerprint density at radius 3 is 2.10 bits per heavy atom. The first kappa shape index (κ1) is 7.45. The molecular weight excluding hydrogens is 124 g/mol. The Morgan fingerprint density at radius 2 is 1.90 bits per heavy atom. The van der Waals surface area contributed by atoms with Gasteiger partial charge in [0.05, 0.1) is 6.20 Å². The van der Waals surface area contributed by atoms with Gasteiger partial charge in [-0.1, -0.05) is 20.8 Å². The molecule has 0 aromatic carbocycles. The molecular formula is C8H13N2. The highest BCUT2D eigenvalue weighted by molar-refractivity contribution is 5.29. The third-order valence-electron chi connectivity index (χ3n) is 1.59. The Labute approximate surface area is 62.0 Å². The van der Waals surface area contributed by atoms with Crippen LogP contribution in [0.1, 0.15) is 27.7 Å². The van der Waals surface area contributed by atoms with Crippen molar-refractivity contribution >= 4 is 0 Å². The summed E-state index contributed by atoms with van der Waals surface area (Å²) in [6.07, 6.45) is 1.84. The fourth-order valence-corrected chi connectivity index (χ4v) is 1.06. The minimum Gasteiger partial charge on any atom is -0.175 e. The number of hydrogen-bond donors (Lipinski definition) is 0. The van der Waals surface area contributed by atoms with Gasteiger partial charge in [0.1, 0.15) is 6.04 Å². The predicted octanol–water partition coefficient (Wildman–Crippen LogP) is 2.93. The second-order valence-electron chi connectivity index (χ2n) is 3.59. The van der Waals surface area contributed by atoms with Gasteiger partial charge in [0.15, 0.2) is 0 Å². The molecule has 0 aliphatic carbocycles. The lowest BCUT2D eigenvalue weighted by Crippen LogP contribution is -2.11. The highest BCUT2D eigenvalue weighted by Crippen LogP contribution is 2.36. The molecule has 0 spiro atoms. The molecule has 1 aliphatic rings. The van der Waals surface area contributed by atoms with Crippen LogP contribution in [0.2, 0.25) is 0 Å². The summed E-state index contributed by atoms with van der Waals surface area (Å²) in [7, 11) is 0. The summed E-state index contributed by atoms with van der Waals surface area (Å²) in [5, 5.41) is 7.77. The molecule has 0 N–H and O–H groups in total. The molecule has 10 heavy (non-hydrogen) atoms. The van der Waals surface area contributed by atoms with Crippen molar-refractivity contribution < 1.29 is 0 Å². The average molecular weight is 137 g/mol. The van der Waals surface area contributed by atoms with Crippen molar-refractivity contribution in [2.24, 2.45) is 15.6 Å². The largest absolute Gasteiger partial charge is 0.175 e. The zero-order valence-electron chi connectivity index (χ0n) is 6.97. The van der Waals surface area contributed by atoms with Crippen LogP contribution in [-0.4, -0.2) is 0 Å². The Balaban J connectivity index is 2.78. The van der Waals surface area contributed by atoms with Crippen molar-refractivity contribution in [3.05, 3.63) is 17.8 Å². The van der Waals surface area contributed by atoms with E-state index >= 15 is 0 Å². The standard InChI is InChI=1S/C8H13N2/c1-6-7(5-9-10-6)8(2,3)4/h5H,1-4H3. The van der Waals surface area contributed by atoms with Crippen LogP contribution in [0.25, 0.3) is 0 Å². The van der Waals surface area contributed by atoms with Crippen LogP contribution in [-0.2, 0) is 0 Å². The van der Waals surface area contributed by atoms with E-state index in [2.05, 4.69) is 31.0 Å². The molecule has 0 aromatic rings. The molecule has 2 nitrogen and oxygen atoms in total. The molecule has 0 unspecified atom stereocenters. The summed E-state index contributed by atoms with van der Waals surface area (Å²) in [6.45, 7) is 8.49. The second-order valence-corrected chi connectivity index (χ2v) is 3.59. The highest BCUT2D eigenvalue weighted by Gasteiger charge is 2.25. The van der Waals surface area contributed by atoms with Gasteiger partial charge in [0.2, 0.25) is 0 Å². The molecule has 0 aromatic heterocycles. The summed E-state index contributed by atoms with van der Waals surface area (Å²) in [6, 6.07) is 1.05. The highest BCUT2D eigenvalue weighted by atomic mass is 15.1. The van der Waals surface area contributed by atoms with Crippen LogP contribution in [0.3, 0.4) is 0 Å². The predicted molar refractivity (Wildman–Crippen MR) is 41.3 cm³/mol. The average Bonchev–Trinajstić information content (AvgIpc) is 2.11. The summed E-state index contributed by atoms with van der Waals surface area (Å²) < 4.78 is 0. The molecule has 0 saturated carbocycles. The first-order valence-electron chi connectivity index (χ1n) is 3.47. The molecule has 2 heteroatoms. The molecule has 0 bridgehead atoms. The normalized spacial score (nSPS) is 19.8. The Hall–Kier alpha value is -0.660. The summed E-state index contributed by atoms with van der Waals surface area (Å²) in [5.41, 5.74) is 1.43. The van der Waals surface area contributed by atoms with Crippen LogP contribution in [0, 0.1) is 11.5 Å². The molecule has 0 fully saturated rings. The van der Waals surface area contributed by atoms with E-state index in [1.165, 1.54) is 5.57 Å². The quantitative estimate of drug-likeness (QED) is 0.490. The van der Waals surface area contributed by atoms with Gasteiger partial charge < -0.3 is 0 Å². The third kappa shape index (κ3) is 1.25. The molecule has 0 amide bonds. The van der Waals surface area contributed by atoms with Crippen molar-refractivity contribution in [2.75, 3.05) is 0 Å². The molecule has 1 radical (unpaired) electrons. The van der Waals surface area contributed by atoms with Crippen molar-refractivity contribution in [1.29, 1.82) is 0 Å². The van der Waals surface area contributed by atoms with E-state index in [0.29, 0.717) is 0 Å². The van der Waals surface area contributed by atoms with Crippen molar-refractivity contribution in [3.63, 3.8) is 0 Å². The fraction of sp³-hybridized carbons (Fsp3) is 0.625. The summed E-state index contributed by atoms with van der Waals surface area (Å²) in [4.78, 5) is 0. The molecule has 1 rings (SSSR count). The first-order valence-corrected chi connectivity index (χ1v) is 3.47. The summed E-state index contributed by atoms with van der Waals surface area (Å²) >= 11 is 0. The van der Waals surface area contributed by atoms with Crippen molar-refractivity contribution in [3.8, 4) is 0 Å². The van der Waals surface area contributed by atoms with E-state index in [1.807, 2.05) is 13.1 Å². The van der Waals surface area contributed by atoms with Crippen LogP contribution >= 0.6 is 0 Å². The number of rotatable bonds is 0. The molecule has 1 heterocycles. The van der Waals surface area contributed by atoms with E-state index in [4.69, 9.17) is 0 Å². The Kier molecular flexibility index (Phi) is 1.63. The SMILES string of the molecule is C[C]1N=NC=C1C(C)(C)C. The Bertz CT molecular complexity index is 184. The lowest BCUT2D eigenvalue weighted by molar-refractivity contribution is 0.499. The molecule has 55 valence electrons. The number of hydrogen-bond acceptors (Lipinski definition) is 2. The van der Waals surface area contributed by atoms with Crippen LogP contribution < -0.4 is 0 Å². The van der Waals surface area contributed by atoms with Crippen LogP contribution in [0.5, 0.6) is 0 Å². The minimum absolute atomic E-state index is 0.188. The van der Waals surface area contributed by atoms with Crippen LogP contribution in [0.4, 0.5) is 0 Å². The van der Waals surface area contributed by atoms with Crippen molar-refractivity contribution in [2.45, 2.75) is 27.7 Å². The van der Waals surface area contributed by atoms with E-state index < -0.39 is 0 Å². The number of azo groups is 1. The molecule has 0 atom stereocenters. The smallest absolute Gasteiger partial charge is 0.133 e. The van der Waals surface area contributed by atoms with Crippen LogP contribution in [0.15, 0.2) is 22.0 Å². The first-order chi connectivity index (χ1) is 4.52. The van der Waals surface area contributed by atoms with Gasteiger partial charge in [-0.15, -0.1) is 0 Å². The van der Waals surface area contributed by atoms with Gasteiger partial charge in [0.25, 0.3) is 0 Å². The summed E-state index contributed by atoms with van der Waals surface area (Å²) in [5.74, 6) is 0. The van der Waals surface area contributed by atoms with Gasteiger partial charge in [-0.3, -0.25) is 0 Å². The monoisotopic (exact) mass is 137 g/mol. The Morgan fingerprint density at radius 1 is 1.30 bits per heavy atom. The molecule has 0 saturated heterocycles. The minimum atomic E-state index is 0.188. The fourth-order valence-electron chi connectivity index (χ4n) is 1.06. The zero-order chi connectivity index (χ0) is 7.78. The van der Waals surface area contributed by atoms with E-state index in [9.17, 15) is 0 Å². The lowest BCUT2D eigenvalue weighted by Gasteiger charge is -2.21. The van der Waals surface area contributed by atoms with Gasteiger partial charge >= 0.3 is 0 Å². The third-order valence-corrected chi connectivity index (χ3v) is 1.59. The maximum atomic E-state index is 3.93. The zero-order valence-corrected chi connectivity index (χ0v) is 6.97. The van der Waals surface area contributed by atoms with Gasteiger partial charge in [0, 0.05) is 0 Å².